The van der Waals surface area contributed by atoms with Gasteiger partial charge in [-0.1, -0.05) is 33.4 Å². The van der Waals surface area contributed by atoms with Crippen molar-refractivity contribution in [1.82, 2.24) is 9.97 Å². The van der Waals surface area contributed by atoms with Gasteiger partial charge in [-0.3, -0.25) is 4.79 Å². The zero-order valence-corrected chi connectivity index (χ0v) is 14.1. The van der Waals surface area contributed by atoms with Crippen molar-refractivity contribution in [2.24, 2.45) is 11.8 Å². The molecule has 0 aliphatic heterocycles. The van der Waals surface area contributed by atoms with E-state index in [9.17, 15) is 15.0 Å². The molecule has 1 aromatic rings. The maximum absolute atomic E-state index is 11.5. The van der Waals surface area contributed by atoms with Crippen LogP contribution in [0.4, 0.5) is 0 Å². The van der Waals surface area contributed by atoms with Crippen LogP contribution in [-0.4, -0.2) is 32.4 Å². The maximum atomic E-state index is 11.5. The summed E-state index contributed by atoms with van der Waals surface area (Å²) in [6, 6.07) is 0. The van der Waals surface area contributed by atoms with Crippen LogP contribution >= 0.6 is 0 Å². The highest BCUT2D eigenvalue weighted by molar-refractivity contribution is 5.64. The molecule has 0 saturated carbocycles. The monoisotopic (exact) mass is 308 g/mol. The summed E-state index contributed by atoms with van der Waals surface area (Å²) in [6.45, 7) is 16.2. The van der Waals surface area contributed by atoms with Crippen molar-refractivity contribution in [1.29, 1.82) is 0 Å². The van der Waals surface area contributed by atoms with Crippen LogP contribution in [0.5, 0.6) is 0 Å². The quantitative estimate of drug-likeness (QED) is 0.729. The molecule has 0 fully saturated rings. The predicted octanol–water partition coefficient (Wildman–Crippen LogP) is 2.30. The molecule has 5 nitrogen and oxygen atoms in total. The lowest BCUT2D eigenvalue weighted by molar-refractivity contribution is -0.0241. The molecule has 0 unspecified atom stereocenters. The fourth-order valence-corrected chi connectivity index (χ4v) is 1.90. The van der Waals surface area contributed by atoms with E-state index in [4.69, 9.17) is 0 Å². The molecule has 0 saturated heterocycles. The van der Waals surface area contributed by atoms with Gasteiger partial charge in [0, 0.05) is 11.5 Å². The lowest BCUT2D eigenvalue weighted by Crippen LogP contribution is -2.36. The van der Waals surface area contributed by atoms with E-state index >= 15 is 0 Å². The van der Waals surface area contributed by atoms with Crippen molar-refractivity contribution in [3.05, 3.63) is 47.2 Å². The normalized spacial score (nSPS) is 14.5. The van der Waals surface area contributed by atoms with Gasteiger partial charge in [0.15, 0.2) is 0 Å². The summed E-state index contributed by atoms with van der Waals surface area (Å²) in [4.78, 5) is 18.1. The summed E-state index contributed by atoms with van der Waals surface area (Å²) in [5, 5.41) is 20.0. The number of aliphatic hydroxyl groups is 2. The molecule has 0 spiro atoms. The number of hydrogen-bond acceptors (Lipinski definition) is 4. The third-order valence-corrected chi connectivity index (χ3v) is 3.48. The van der Waals surface area contributed by atoms with E-state index in [0.717, 1.165) is 0 Å². The van der Waals surface area contributed by atoms with Gasteiger partial charge in [-0.2, -0.15) is 0 Å². The van der Waals surface area contributed by atoms with E-state index in [1.54, 1.807) is 19.9 Å². The highest BCUT2D eigenvalue weighted by Gasteiger charge is 2.28. The van der Waals surface area contributed by atoms with Gasteiger partial charge in [-0.05, 0) is 25.3 Å². The smallest absolute Gasteiger partial charge is 0.254 e. The van der Waals surface area contributed by atoms with Crippen LogP contribution in [0.3, 0.4) is 0 Å². The molecule has 0 aliphatic carbocycles. The fourth-order valence-electron chi connectivity index (χ4n) is 1.90. The average molecular weight is 308 g/mol. The van der Waals surface area contributed by atoms with Crippen molar-refractivity contribution in [3.8, 4) is 0 Å². The number of nitrogens with zero attached hydrogens (tertiary/aromatic N) is 1. The topological polar surface area (TPSA) is 86.2 Å². The standard InChI is InChI=1S/C14H22N2O3.C3H6/c1-7(2)12(17)13(18)9(4)8(3)11-10(5)14(19)16-6-15-11;1-3-2/h6-7,9,12-13,17-18H,3H2,1-2,4-5H3,(H,15,16,19);3H,1H2,2H3/t9-,12+,13-;/m0./s1. The summed E-state index contributed by atoms with van der Waals surface area (Å²) >= 11 is 0. The van der Waals surface area contributed by atoms with Gasteiger partial charge in [-0.25, -0.2) is 4.98 Å². The van der Waals surface area contributed by atoms with Crippen LogP contribution in [-0.2, 0) is 0 Å². The molecule has 0 radical (unpaired) electrons. The van der Waals surface area contributed by atoms with E-state index in [0.29, 0.717) is 16.8 Å². The Bertz CT molecular complexity index is 549. The number of nitrogens with one attached hydrogen (secondary N) is 1. The first-order chi connectivity index (χ1) is 10.2. The molecule has 3 N–H and O–H groups in total. The molecule has 0 bridgehead atoms. The van der Waals surface area contributed by atoms with E-state index in [1.807, 2.05) is 20.8 Å². The molecule has 0 amide bonds. The molecule has 5 heteroatoms. The molecule has 3 atom stereocenters. The SMILES string of the molecule is C=C(c1nc[nH]c(=O)c1C)[C@H](C)[C@H](O)[C@H](O)C(C)C.C=CC. The van der Waals surface area contributed by atoms with Gasteiger partial charge >= 0.3 is 0 Å². The predicted molar refractivity (Wildman–Crippen MR) is 90.5 cm³/mol. The molecule has 1 rings (SSSR count). The zero-order chi connectivity index (χ0) is 17.4. The number of aliphatic hydroxyl groups excluding tert-OH is 2. The number of aromatic amines is 1. The van der Waals surface area contributed by atoms with Crippen LogP contribution in [0.25, 0.3) is 5.57 Å². The third-order valence-electron chi connectivity index (χ3n) is 3.48. The Kier molecular flexibility index (Phi) is 8.60. The van der Waals surface area contributed by atoms with Crippen LogP contribution in [0.1, 0.15) is 39.0 Å². The molecular weight excluding hydrogens is 280 g/mol. The van der Waals surface area contributed by atoms with E-state index < -0.39 is 12.2 Å². The Hall–Kier alpha value is -1.72. The molecule has 1 heterocycles. The van der Waals surface area contributed by atoms with Crippen molar-refractivity contribution < 1.29 is 10.2 Å². The van der Waals surface area contributed by atoms with Crippen LogP contribution in [0.15, 0.2) is 30.4 Å². The number of allylic oxidation sites excluding steroid dienone is 1. The summed E-state index contributed by atoms with van der Waals surface area (Å²) in [5.41, 5.74) is 1.27. The number of aromatic nitrogens is 2. The summed E-state index contributed by atoms with van der Waals surface area (Å²) in [7, 11) is 0. The van der Waals surface area contributed by atoms with Gasteiger partial charge in [0.05, 0.1) is 24.2 Å². The van der Waals surface area contributed by atoms with Crippen molar-refractivity contribution in [2.75, 3.05) is 0 Å². The summed E-state index contributed by atoms with van der Waals surface area (Å²) < 4.78 is 0. The zero-order valence-electron chi connectivity index (χ0n) is 14.1. The largest absolute Gasteiger partial charge is 0.390 e. The summed E-state index contributed by atoms with van der Waals surface area (Å²) in [5.74, 6) is -0.441. The van der Waals surface area contributed by atoms with E-state index in [-0.39, 0.29) is 17.4 Å². The number of H-pyrrole nitrogens is 1. The van der Waals surface area contributed by atoms with Gasteiger partial charge in [-0.15, -0.1) is 6.58 Å². The van der Waals surface area contributed by atoms with Gasteiger partial charge in [0.25, 0.3) is 5.56 Å². The second-order valence-corrected chi connectivity index (χ2v) is 5.65. The average Bonchev–Trinajstić information content (AvgIpc) is 2.47. The Morgan fingerprint density at radius 3 is 2.27 bits per heavy atom. The Morgan fingerprint density at radius 2 is 1.82 bits per heavy atom. The third kappa shape index (κ3) is 5.24. The molecule has 1 aromatic heterocycles. The van der Waals surface area contributed by atoms with Crippen LogP contribution < -0.4 is 5.56 Å². The van der Waals surface area contributed by atoms with Gasteiger partial charge < -0.3 is 15.2 Å². The minimum absolute atomic E-state index is 0.0570. The van der Waals surface area contributed by atoms with Gasteiger partial charge in [0.1, 0.15) is 0 Å². The van der Waals surface area contributed by atoms with Crippen molar-refractivity contribution in [2.45, 2.75) is 46.8 Å². The van der Waals surface area contributed by atoms with Crippen LogP contribution in [0, 0.1) is 18.8 Å². The van der Waals surface area contributed by atoms with Crippen molar-refractivity contribution in [3.63, 3.8) is 0 Å². The second-order valence-electron chi connectivity index (χ2n) is 5.65. The lowest BCUT2D eigenvalue weighted by atomic mass is 9.86. The highest BCUT2D eigenvalue weighted by atomic mass is 16.3. The minimum Gasteiger partial charge on any atom is -0.390 e. The number of rotatable bonds is 5. The van der Waals surface area contributed by atoms with Crippen LogP contribution in [0.2, 0.25) is 0 Å². The van der Waals surface area contributed by atoms with E-state index in [2.05, 4.69) is 23.1 Å². The number of hydrogen-bond donors (Lipinski definition) is 3. The highest BCUT2D eigenvalue weighted by Crippen LogP contribution is 2.26. The maximum Gasteiger partial charge on any atom is 0.254 e. The minimum atomic E-state index is -0.937. The molecule has 0 aromatic carbocycles. The first-order valence-corrected chi connectivity index (χ1v) is 7.35. The van der Waals surface area contributed by atoms with Gasteiger partial charge in [0.2, 0.25) is 0 Å². The Morgan fingerprint density at radius 1 is 1.32 bits per heavy atom. The second kappa shape index (κ2) is 9.33. The first-order valence-electron chi connectivity index (χ1n) is 7.35. The van der Waals surface area contributed by atoms with Crippen molar-refractivity contribution >= 4 is 5.57 Å². The first kappa shape index (κ1) is 20.3. The molecule has 22 heavy (non-hydrogen) atoms. The molecule has 0 aliphatic rings. The molecule has 124 valence electrons. The fraction of sp³-hybridized carbons (Fsp3) is 0.529. The molecular formula is C17H28N2O3. The summed E-state index contributed by atoms with van der Waals surface area (Å²) in [6.07, 6.45) is 1.29. The Labute approximate surface area is 132 Å². The lowest BCUT2D eigenvalue weighted by Gasteiger charge is -2.27. The van der Waals surface area contributed by atoms with E-state index in [1.165, 1.54) is 6.33 Å². The Balaban J connectivity index is 0.00000135.